The van der Waals surface area contributed by atoms with Crippen molar-refractivity contribution in [2.24, 2.45) is 5.84 Å². The lowest BCUT2D eigenvalue weighted by atomic mass is 10.0. The van der Waals surface area contributed by atoms with Crippen molar-refractivity contribution in [3.63, 3.8) is 0 Å². The Bertz CT molecular complexity index is 606. The van der Waals surface area contributed by atoms with Crippen molar-refractivity contribution in [3.8, 4) is 0 Å². The number of rotatable bonds is 6. The molecule has 0 aliphatic carbocycles. The summed E-state index contributed by atoms with van der Waals surface area (Å²) in [5.74, 6) is 5.80. The molecular formula is C16H23BrN4. The van der Waals surface area contributed by atoms with E-state index in [9.17, 15) is 0 Å². The molecule has 0 saturated carbocycles. The first-order chi connectivity index (χ1) is 10.1. The number of aryl methyl sites for hydroxylation is 3. The Morgan fingerprint density at radius 1 is 1.33 bits per heavy atom. The highest BCUT2D eigenvalue weighted by Gasteiger charge is 2.17. The number of hydrazine groups is 1. The van der Waals surface area contributed by atoms with Crippen molar-refractivity contribution in [2.45, 2.75) is 46.2 Å². The fourth-order valence-electron chi connectivity index (χ4n) is 2.52. The molecule has 1 unspecified atom stereocenters. The second-order valence-electron chi connectivity index (χ2n) is 5.24. The molecule has 114 valence electrons. The zero-order valence-corrected chi connectivity index (χ0v) is 14.4. The molecule has 1 heterocycles. The smallest absolute Gasteiger partial charge is 0.0624 e. The molecule has 1 aromatic heterocycles. The average molecular weight is 351 g/mol. The number of nitrogens with one attached hydrogen (secondary N) is 1. The largest absolute Gasteiger partial charge is 0.271 e. The van der Waals surface area contributed by atoms with E-state index in [4.69, 9.17) is 5.84 Å². The van der Waals surface area contributed by atoms with Crippen LogP contribution in [0.5, 0.6) is 0 Å². The quantitative estimate of drug-likeness (QED) is 0.620. The van der Waals surface area contributed by atoms with Crippen LogP contribution in [0.25, 0.3) is 0 Å². The van der Waals surface area contributed by atoms with Crippen molar-refractivity contribution in [2.75, 3.05) is 0 Å². The molecule has 0 aliphatic rings. The Morgan fingerprint density at radius 3 is 2.71 bits per heavy atom. The number of hydrogen-bond acceptors (Lipinski definition) is 3. The van der Waals surface area contributed by atoms with E-state index in [0.717, 1.165) is 29.6 Å². The summed E-state index contributed by atoms with van der Waals surface area (Å²) >= 11 is 3.62. The lowest BCUT2D eigenvalue weighted by molar-refractivity contribution is 0.515. The molecule has 0 bridgehead atoms. The molecule has 0 fully saturated rings. The lowest BCUT2D eigenvalue weighted by Gasteiger charge is -2.19. The summed E-state index contributed by atoms with van der Waals surface area (Å²) in [5, 5.41) is 4.60. The lowest BCUT2D eigenvalue weighted by Crippen LogP contribution is -2.30. The summed E-state index contributed by atoms with van der Waals surface area (Å²) in [6.07, 6.45) is 1.77. The number of halogens is 1. The maximum Gasteiger partial charge on any atom is 0.0624 e. The van der Waals surface area contributed by atoms with Crippen LogP contribution in [-0.2, 0) is 19.4 Å². The van der Waals surface area contributed by atoms with Gasteiger partial charge in [0, 0.05) is 23.1 Å². The van der Waals surface area contributed by atoms with Crippen LogP contribution in [-0.4, -0.2) is 9.78 Å². The van der Waals surface area contributed by atoms with Crippen molar-refractivity contribution < 1.29 is 0 Å². The molecule has 4 nitrogen and oxygen atoms in total. The van der Waals surface area contributed by atoms with Gasteiger partial charge in [0.25, 0.3) is 0 Å². The first kappa shape index (κ1) is 16.2. The zero-order chi connectivity index (χ0) is 15.4. The molecular weight excluding hydrogens is 328 g/mol. The maximum atomic E-state index is 5.80. The summed E-state index contributed by atoms with van der Waals surface area (Å²) in [4.78, 5) is 0. The third-order valence-corrected chi connectivity index (χ3v) is 4.44. The molecule has 1 atom stereocenters. The third kappa shape index (κ3) is 3.73. The highest BCUT2D eigenvalue weighted by Crippen LogP contribution is 2.27. The zero-order valence-electron chi connectivity index (χ0n) is 12.9. The number of hydrogen-bond donors (Lipinski definition) is 2. The fourth-order valence-corrected chi connectivity index (χ4v) is 3.05. The maximum absolute atomic E-state index is 5.80. The van der Waals surface area contributed by atoms with E-state index >= 15 is 0 Å². The highest BCUT2D eigenvalue weighted by atomic mass is 79.9. The Morgan fingerprint density at radius 2 is 2.10 bits per heavy atom. The van der Waals surface area contributed by atoms with Crippen molar-refractivity contribution in [3.05, 3.63) is 51.3 Å². The minimum absolute atomic E-state index is 0.0611. The second kappa shape index (κ2) is 7.20. The molecule has 5 heteroatoms. The minimum Gasteiger partial charge on any atom is -0.271 e. The summed E-state index contributed by atoms with van der Waals surface area (Å²) in [6.45, 7) is 7.21. The van der Waals surface area contributed by atoms with Crippen molar-refractivity contribution in [1.29, 1.82) is 0 Å². The number of nitrogens with zero attached hydrogens (tertiary/aromatic N) is 2. The van der Waals surface area contributed by atoms with Crippen LogP contribution in [0.2, 0.25) is 0 Å². The van der Waals surface area contributed by atoms with Gasteiger partial charge in [0.1, 0.15) is 0 Å². The van der Waals surface area contributed by atoms with E-state index in [1.807, 2.05) is 0 Å². The van der Waals surface area contributed by atoms with Gasteiger partial charge in [-0.1, -0.05) is 40.5 Å². The normalized spacial score (nSPS) is 12.6. The van der Waals surface area contributed by atoms with E-state index in [1.165, 1.54) is 16.8 Å². The van der Waals surface area contributed by atoms with Gasteiger partial charge in [-0.05, 0) is 38.0 Å². The van der Waals surface area contributed by atoms with Crippen LogP contribution in [0.4, 0.5) is 0 Å². The number of nitrogens with two attached hydrogens (primary N) is 1. The standard InChI is InChI=1S/C16H23BrN4/c1-4-12-9-13(21(5-2)20-12)10-16(19-18)14-8-11(3)6-7-15(14)17/h6-9,16,19H,4-5,10,18H2,1-3H3. The van der Waals surface area contributed by atoms with Gasteiger partial charge in [-0.25, -0.2) is 0 Å². The van der Waals surface area contributed by atoms with E-state index in [0.29, 0.717) is 0 Å². The Hall–Kier alpha value is -1.17. The Balaban J connectivity index is 2.30. The van der Waals surface area contributed by atoms with Gasteiger partial charge >= 0.3 is 0 Å². The molecule has 0 amide bonds. The minimum atomic E-state index is 0.0611. The summed E-state index contributed by atoms with van der Waals surface area (Å²) in [5.41, 5.74) is 7.69. The Labute approximate surface area is 134 Å². The van der Waals surface area contributed by atoms with Gasteiger partial charge in [-0.15, -0.1) is 0 Å². The summed E-state index contributed by atoms with van der Waals surface area (Å²) < 4.78 is 3.14. The molecule has 2 aromatic rings. The predicted octanol–water partition coefficient (Wildman–Crippen LogP) is 3.28. The third-order valence-electron chi connectivity index (χ3n) is 3.72. The van der Waals surface area contributed by atoms with Crippen LogP contribution >= 0.6 is 15.9 Å². The van der Waals surface area contributed by atoms with Gasteiger partial charge < -0.3 is 0 Å². The van der Waals surface area contributed by atoms with E-state index < -0.39 is 0 Å². The first-order valence-corrected chi connectivity index (χ1v) is 8.16. The molecule has 1 aromatic carbocycles. The summed E-state index contributed by atoms with van der Waals surface area (Å²) in [6, 6.07) is 8.57. The van der Waals surface area contributed by atoms with E-state index in [-0.39, 0.29) is 6.04 Å². The number of benzene rings is 1. The molecule has 0 aliphatic heterocycles. The first-order valence-electron chi connectivity index (χ1n) is 7.36. The van der Waals surface area contributed by atoms with Crippen LogP contribution in [0.3, 0.4) is 0 Å². The van der Waals surface area contributed by atoms with Gasteiger partial charge in [0.05, 0.1) is 11.7 Å². The highest BCUT2D eigenvalue weighted by molar-refractivity contribution is 9.10. The fraction of sp³-hybridized carbons (Fsp3) is 0.438. The Kier molecular flexibility index (Phi) is 5.56. The van der Waals surface area contributed by atoms with Crippen molar-refractivity contribution in [1.82, 2.24) is 15.2 Å². The summed E-state index contributed by atoms with van der Waals surface area (Å²) in [7, 11) is 0. The SMILES string of the molecule is CCc1cc(CC(NN)c2cc(C)ccc2Br)n(CC)n1. The average Bonchev–Trinajstić information content (AvgIpc) is 2.89. The van der Waals surface area contributed by atoms with Gasteiger partial charge in [0.15, 0.2) is 0 Å². The topological polar surface area (TPSA) is 55.9 Å². The van der Waals surface area contributed by atoms with Gasteiger partial charge in [-0.3, -0.25) is 16.0 Å². The van der Waals surface area contributed by atoms with Gasteiger partial charge in [0.2, 0.25) is 0 Å². The van der Waals surface area contributed by atoms with E-state index in [2.05, 4.69) is 76.2 Å². The molecule has 21 heavy (non-hydrogen) atoms. The molecule has 0 spiro atoms. The molecule has 2 rings (SSSR count). The van der Waals surface area contributed by atoms with E-state index in [1.54, 1.807) is 0 Å². The van der Waals surface area contributed by atoms with Crippen LogP contribution in [0.15, 0.2) is 28.7 Å². The molecule has 3 N–H and O–H groups in total. The predicted molar refractivity (Wildman–Crippen MR) is 89.9 cm³/mol. The second-order valence-corrected chi connectivity index (χ2v) is 6.10. The van der Waals surface area contributed by atoms with Crippen LogP contribution < -0.4 is 11.3 Å². The van der Waals surface area contributed by atoms with Gasteiger partial charge in [-0.2, -0.15) is 5.10 Å². The van der Waals surface area contributed by atoms with Crippen molar-refractivity contribution >= 4 is 15.9 Å². The monoisotopic (exact) mass is 350 g/mol. The van der Waals surface area contributed by atoms with Crippen LogP contribution in [0, 0.1) is 6.92 Å². The van der Waals surface area contributed by atoms with Crippen LogP contribution in [0.1, 0.15) is 42.4 Å². The molecule has 0 radical (unpaired) electrons. The number of aromatic nitrogens is 2. The molecule has 0 saturated heterocycles.